The van der Waals surface area contributed by atoms with Crippen molar-refractivity contribution < 1.29 is 0 Å². The molecule has 0 aromatic carbocycles. The van der Waals surface area contributed by atoms with Gasteiger partial charge in [-0.25, -0.2) is 0 Å². The first-order valence-electron chi connectivity index (χ1n) is 3.64. The molecule has 0 nitrogen and oxygen atoms in total. The van der Waals surface area contributed by atoms with Crippen LogP contribution in [0, 0.1) is 0 Å². The summed E-state index contributed by atoms with van der Waals surface area (Å²) in [6, 6.07) is 0. The molecule has 0 unspecified atom stereocenters. The summed E-state index contributed by atoms with van der Waals surface area (Å²) in [4.78, 5) is 0. The van der Waals surface area contributed by atoms with Gasteiger partial charge in [-0.15, -0.1) is 0 Å². The van der Waals surface area contributed by atoms with Gasteiger partial charge in [0.15, 0.2) is 0 Å². The smallest absolute Gasteiger partial charge is 0.0139 e. The predicted molar refractivity (Wildman–Crippen MR) is 52.8 cm³/mol. The van der Waals surface area contributed by atoms with E-state index >= 15 is 0 Å². The van der Waals surface area contributed by atoms with Crippen molar-refractivity contribution in [3.8, 4) is 0 Å². The fraction of sp³-hybridized carbons (Fsp3) is 1.00. The molecule has 0 aromatic rings. The summed E-state index contributed by atoms with van der Waals surface area (Å²) in [6.07, 6.45) is 1.32. The van der Waals surface area contributed by atoms with Crippen LogP contribution in [-0.2, 0) is 0 Å². The molecule has 0 rings (SSSR count). The Bertz CT molecular complexity index is 69.3. The van der Waals surface area contributed by atoms with Crippen molar-refractivity contribution in [2.75, 3.05) is 17.3 Å². The molecule has 0 atom stereocenters. The molecule has 0 aliphatic carbocycles. The van der Waals surface area contributed by atoms with Crippen LogP contribution in [0.1, 0.15) is 27.2 Å². The third-order valence-electron chi connectivity index (χ3n) is 1.60. The highest BCUT2D eigenvalue weighted by Gasteiger charge is 2.12. The summed E-state index contributed by atoms with van der Waals surface area (Å²) in [5.74, 6) is 4.05. The molecule has 0 radical (unpaired) electrons. The average Bonchev–Trinajstić information content (AvgIpc) is 1.89. The minimum absolute atomic E-state index is 0.352. The zero-order chi connectivity index (χ0) is 7.33. The fourth-order valence-electron chi connectivity index (χ4n) is 0.859. The molecule has 0 spiro atoms. The van der Waals surface area contributed by atoms with Crippen LogP contribution in [0.2, 0.25) is 0 Å². The van der Waals surface area contributed by atoms with E-state index < -0.39 is 0 Å². The fourth-order valence-corrected chi connectivity index (χ4v) is 3.55. The van der Waals surface area contributed by atoms with E-state index in [0.29, 0.717) is 0 Å². The minimum atomic E-state index is -0.352. The molecule has 0 fully saturated rings. The molecule has 0 bridgehead atoms. The molecular formula is C7H17BrS. The number of rotatable bonds is 4. The predicted octanol–water partition coefficient (Wildman–Crippen LogP) is 3.55. The van der Waals surface area contributed by atoms with Gasteiger partial charge in [-0.2, -0.15) is 8.46 Å². The van der Waals surface area contributed by atoms with Crippen LogP contribution in [0.15, 0.2) is 0 Å². The van der Waals surface area contributed by atoms with E-state index in [0.717, 1.165) is 0 Å². The van der Waals surface area contributed by atoms with Crippen molar-refractivity contribution in [1.82, 2.24) is 0 Å². The van der Waals surface area contributed by atoms with Crippen LogP contribution >= 0.6 is 23.3 Å². The van der Waals surface area contributed by atoms with Crippen molar-refractivity contribution in [2.45, 2.75) is 27.2 Å². The van der Waals surface area contributed by atoms with E-state index in [4.69, 9.17) is 0 Å². The van der Waals surface area contributed by atoms with Crippen molar-refractivity contribution >= 4 is 23.3 Å². The maximum atomic E-state index is 3.83. The zero-order valence-electron chi connectivity index (χ0n) is 6.61. The maximum absolute atomic E-state index is 3.83. The molecule has 0 saturated carbocycles. The molecule has 0 heterocycles. The normalized spacial score (nSPS) is 13.8. The first kappa shape index (κ1) is 9.83. The monoisotopic (exact) mass is 212 g/mol. The van der Waals surface area contributed by atoms with Gasteiger partial charge in [0.1, 0.15) is 0 Å². The Morgan fingerprint density at radius 3 is 1.67 bits per heavy atom. The van der Waals surface area contributed by atoms with E-state index in [9.17, 15) is 0 Å². The van der Waals surface area contributed by atoms with Crippen molar-refractivity contribution in [1.29, 1.82) is 0 Å². The van der Waals surface area contributed by atoms with Crippen LogP contribution in [0.25, 0.3) is 0 Å². The Balaban J connectivity index is 3.62. The largest absolute Gasteiger partial charge is 0.184 e. The van der Waals surface area contributed by atoms with E-state index in [1.54, 1.807) is 0 Å². The van der Waals surface area contributed by atoms with Crippen LogP contribution in [0.3, 0.4) is 0 Å². The Morgan fingerprint density at radius 2 is 1.56 bits per heavy atom. The topological polar surface area (TPSA) is 0 Å². The maximum Gasteiger partial charge on any atom is -0.0139 e. The first-order valence-corrected chi connectivity index (χ1v) is 7.62. The van der Waals surface area contributed by atoms with Crippen molar-refractivity contribution in [3.63, 3.8) is 0 Å². The number of hydrogen-bond acceptors (Lipinski definition) is 0. The van der Waals surface area contributed by atoms with Gasteiger partial charge in [-0.1, -0.05) is 20.8 Å². The molecule has 0 aliphatic heterocycles. The minimum Gasteiger partial charge on any atom is -0.184 e. The van der Waals surface area contributed by atoms with Gasteiger partial charge in [-0.05, 0) is 38.5 Å². The summed E-state index contributed by atoms with van der Waals surface area (Å²) >= 11 is 3.83. The van der Waals surface area contributed by atoms with Gasteiger partial charge >= 0.3 is 0 Å². The van der Waals surface area contributed by atoms with Gasteiger partial charge in [0.05, 0.1) is 0 Å². The van der Waals surface area contributed by atoms with Gasteiger partial charge < -0.3 is 0 Å². The van der Waals surface area contributed by atoms with Crippen LogP contribution in [0.5, 0.6) is 0 Å². The van der Waals surface area contributed by atoms with Gasteiger partial charge in [-0.3, -0.25) is 0 Å². The summed E-state index contributed by atoms with van der Waals surface area (Å²) in [5, 5.41) is 0. The molecule has 9 heavy (non-hydrogen) atoms. The zero-order valence-corrected chi connectivity index (χ0v) is 9.02. The molecule has 2 heteroatoms. The Morgan fingerprint density at radius 1 is 1.11 bits per heavy atom. The van der Waals surface area contributed by atoms with Crippen LogP contribution < -0.4 is 0 Å². The standard InChI is InChI=1S/C7H17BrS/c1-4-7-9(8,5-2)6-3/h4-7H2,1-3H3. The third-order valence-corrected chi connectivity index (χ3v) is 8.53. The van der Waals surface area contributed by atoms with E-state index in [1.165, 1.54) is 23.7 Å². The highest BCUT2D eigenvalue weighted by molar-refractivity contribution is 9.58. The quantitative estimate of drug-likeness (QED) is 0.669. The van der Waals surface area contributed by atoms with Gasteiger partial charge in [0.2, 0.25) is 0 Å². The third kappa shape index (κ3) is 3.51. The van der Waals surface area contributed by atoms with Gasteiger partial charge in [0, 0.05) is 0 Å². The SMILES string of the molecule is CCCS(Br)(CC)CC. The van der Waals surface area contributed by atoms with Crippen LogP contribution in [0.4, 0.5) is 0 Å². The molecule has 0 amide bonds. The summed E-state index contributed by atoms with van der Waals surface area (Å²) in [7, 11) is -0.352. The summed E-state index contributed by atoms with van der Waals surface area (Å²) < 4.78 is 0. The molecule has 0 N–H and O–H groups in total. The van der Waals surface area contributed by atoms with Crippen LogP contribution in [-0.4, -0.2) is 17.3 Å². The van der Waals surface area contributed by atoms with E-state index in [2.05, 4.69) is 35.6 Å². The first-order chi connectivity index (χ1) is 4.18. The van der Waals surface area contributed by atoms with Gasteiger partial charge in [0.25, 0.3) is 0 Å². The Hall–Kier alpha value is 0.830. The highest BCUT2D eigenvalue weighted by Crippen LogP contribution is 2.55. The lowest BCUT2D eigenvalue weighted by Gasteiger charge is -2.29. The Kier molecular flexibility index (Phi) is 5.04. The van der Waals surface area contributed by atoms with Crippen molar-refractivity contribution in [2.24, 2.45) is 0 Å². The lowest BCUT2D eigenvalue weighted by atomic mass is 10.6. The average molecular weight is 213 g/mol. The van der Waals surface area contributed by atoms with Crippen molar-refractivity contribution in [3.05, 3.63) is 0 Å². The lowest BCUT2D eigenvalue weighted by molar-refractivity contribution is 1.09. The molecule has 58 valence electrons. The second-order valence-electron chi connectivity index (χ2n) is 2.22. The highest BCUT2D eigenvalue weighted by atomic mass is 79.9. The second-order valence-corrected chi connectivity index (χ2v) is 9.78. The van der Waals surface area contributed by atoms with E-state index in [-0.39, 0.29) is 8.46 Å². The molecule has 0 aromatic heterocycles. The lowest BCUT2D eigenvalue weighted by Crippen LogP contribution is -2.01. The van der Waals surface area contributed by atoms with E-state index in [1.807, 2.05) is 0 Å². The number of halogens is 1. The molecule has 0 aliphatic rings. The second kappa shape index (κ2) is 4.62. The molecule has 0 saturated heterocycles. The molecular weight excluding hydrogens is 196 g/mol. The Labute approximate surface area is 67.9 Å². The summed E-state index contributed by atoms with van der Waals surface area (Å²) in [6.45, 7) is 6.82. The number of hydrogen-bond donors (Lipinski definition) is 0. The summed E-state index contributed by atoms with van der Waals surface area (Å²) in [5.41, 5.74) is 0.